The number of ether oxygens (including phenoxy) is 2. The van der Waals surface area contributed by atoms with E-state index in [4.69, 9.17) is 5.73 Å². The van der Waals surface area contributed by atoms with Gasteiger partial charge in [0.1, 0.15) is 11.3 Å². The lowest BCUT2D eigenvalue weighted by Crippen LogP contribution is -2.28. The number of hydrogen-bond acceptors (Lipinski definition) is 6. The molecule has 0 spiro atoms. The molecule has 0 aliphatic rings. The number of hydrogen-bond donors (Lipinski definition) is 2. The molecule has 1 atom stereocenters. The summed E-state index contributed by atoms with van der Waals surface area (Å²) >= 11 is 0. The predicted octanol–water partition coefficient (Wildman–Crippen LogP) is 3.01. The quantitative estimate of drug-likeness (QED) is 0.634. The third-order valence-corrected chi connectivity index (χ3v) is 4.43. The summed E-state index contributed by atoms with van der Waals surface area (Å²) in [6, 6.07) is 10.2. The van der Waals surface area contributed by atoms with Gasteiger partial charge in [0.05, 0.1) is 24.4 Å². The number of alkyl halides is 2. The third-order valence-electron chi connectivity index (χ3n) is 4.43. The molecule has 0 fully saturated rings. The maximum atomic E-state index is 13.1. The van der Waals surface area contributed by atoms with Crippen molar-refractivity contribution in [3.05, 3.63) is 63.9 Å². The number of carbonyl (C=O) groups excluding carboxylic acids is 1. The van der Waals surface area contributed by atoms with Gasteiger partial charge in [0.2, 0.25) is 0 Å². The van der Waals surface area contributed by atoms with Crippen molar-refractivity contribution in [2.75, 3.05) is 12.8 Å². The van der Waals surface area contributed by atoms with Crippen molar-refractivity contribution in [3.63, 3.8) is 0 Å². The molecule has 29 heavy (non-hydrogen) atoms. The van der Waals surface area contributed by atoms with Gasteiger partial charge in [-0.1, -0.05) is 12.1 Å². The Morgan fingerprint density at radius 3 is 2.38 bits per heavy atom. The van der Waals surface area contributed by atoms with Gasteiger partial charge in [0.15, 0.2) is 0 Å². The van der Waals surface area contributed by atoms with E-state index in [2.05, 4.69) is 9.47 Å². The number of rotatable bonds is 5. The van der Waals surface area contributed by atoms with Gasteiger partial charge in [0, 0.05) is 17.1 Å². The minimum atomic E-state index is -3.05. The van der Waals surface area contributed by atoms with Gasteiger partial charge in [-0.25, -0.2) is 4.79 Å². The van der Waals surface area contributed by atoms with Crippen LogP contribution >= 0.6 is 0 Å². The normalized spacial score (nSPS) is 12.2. The van der Waals surface area contributed by atoms with Crippen molar-refractivity contribution in [1.82, 2.24) is 4.57 Å². The van der Waals surface area contributed by atoms with Crippen LogP contribution in [-0.4, -0.2) is 29.4 Å². The molecule has 0 bridgehead atoms. The SMILES string of the molecule is COC(=O)c1c(N)c2ccc(OC(F)F)cc2n(-c2ccc(C(C)O)cc2)c1=O. The number of carbonyl (C=O) groups is 1. The Morgan fingerprint density at radius 1 is 1.17 bits per heavy atom. The van der Waals surface area contributed by atoms with E-state index in [1.54, 1.807) is 31.2 Å². The Labute approximate surface area is 163 Å². The van der Waals surface area contributed by atoms with Crippen LogP contribution in [0.3, 0.4) is 0 Å². The zero-order chi connectivity index (χ0) is 21.3. The highest BCUT2D eigenvalue weighted by molar-refractivity contribution is 6.04. The van der Waals surface area contributed by atoms with E-state index in [1.807, 2.05) is 0 Å². The largest absolute Gasteiger partial charge is 0.465 e. The number of halogens is 2. The molecule has 3 rings (SSSR count). The van der Waals surface area contributed by atoms with Crippen LogP contribution in [0.25, 0.3) is 16.6 Å². The molecule has 1 unspecified atom stereocenters. The monoisotopic (exact) mass is 404 g/mol. The van der Waals surface area contributed by atoms with Crippen LogP contribution in [0, 0.1) is 0 Å². The lowest BCUT2D eigenvalue weighted by atomic mass is 10.1. The highest BCUT2D eigenvalue weighted by atomic mass is 19.3. The smallest absolute Gasteiger partial charge is 0.387 e. The highest BCUT2D eigenvalue weighted by Gasteiger charge is 2.23. The molecule has 1 aromatic heterocycles. The van der Waals surface area contributed by atoms with Crippen molar-refractivity contribution in [2.24, 2.45) is 0 Å². The molecule has 9 heteroatoms. The van der Waals surface area contributed by atoms with Crippen LogP contribution in [0.1, 0.15) is 28.9 Å². The molecule has 0 aliphatic heterocycles. The number of nitrogens with two attached hydrogens (primary N) is 1. The second-order valence-corrected chi connectivity index (χ2v) is 6.25. The number of esters is 1. The van der Waals surface area contributed by atoms with Gasteiger partial charge in [-0.3, -0.25) is 9.36 Å². The zero-order valence-electron chi connectivity index (χ0n) is 15.6. The van der Waals surface area contributed by atoms with Crippen LogP contribution in [0.15, 0.2) is 47.3 Å². The molecule has 152 valence electrons. The Balaban J connectivity index is 2.37. The van der Waals surface area contributed by atoms with Gasteiger partial charge in [-0.2, -0.15) is 8.78 Å². The molecular weight excluding hydrogens is 386 g/mol. The lowest BCUT2D eigenvalue weighted by Gasteiger charge is -2.16. The van der Waals surface area contributed by atoms with E-state index in [0.717, 1.165) is 11.7 Å². The predicted molar refractivity (Wildman–Crippen MR) is 103 cm³/mol. The van der Waals surface area contributed by atoms with Crippen molar-refractivity contribution in [1.29, 1.82) is 0 Å². The summed E-state index contributed by atoms with van der Waals surface area (Å²) in [5.74, 6) is -1.09. The Hall–Kier alpha value is -3.46. The zero-order valence-corrected chi connectivity index (χ0v) is 15.6. The van der Waals surface area contributed by atoms with Crippen LogP contribution in [0.5, 0.6) is 5.75 Å². The summed E-state index contributed by atoms with van der Waals surface area (Å²) in [4.78, 5) is 25.3. The number of anilines is 1. The summed E-state index contributed by atoms with van der Waals surface area (Å²) in [6.07, 6.45) is -0.722. The molecule has 0 saturated heterocycles. The molecular formula is C20H18F2N2O5. The molecule has 3 N–H and O–H groups in total. The van der Waals surface area contributed by atoms with Gasteiger partial charge in [-0.05, 0) is 36.8 Å². The molecule has 2 aromatic carbocycles. The summed E-state index contributed by atoms with van der Waals surface area (Å²) in [6.45, 7) is -1.46. The van der Waals surface area contributed by atoms with Crippen molar-refractivity contribution >= 4 is 22.6 Å². The second kappa shape index (κ2) is 7.88. The summed E-state index contributed by atoms with van der Waals surface area (Å²) in [5, 5.41) is 9.97. The van der Waals surface area contributed by atoms with E-state index in [1.165, 1.54) is 18.2 Å². The van der Waals surface area contributed by atoms with E-state index in [0.29, 0.717) is 11.3 Å². The minimum Gasteiger partial charge on any atom is -0.465 e. The molecule has 0 amide bonds. The highest BCUT2D eigenvalue weighted by Crippen LogP contribution is 2.29. The lowest BCUT2D eigenvalue weighted by molar-refractivity contribution is -0.0497. The van der Waals surface area contributed by atoms with Crippen molar-refractivity contribution < 1.29 is 28.2 Å². The molecule has 3 aromatic rings. The van der Waals surface area contributed by atoms with E-state index in [-0.39, 0.29) is 27.9 Å². The van der Waals surface area contributed by atoms with Crippen LogP contribution in [0.2, 0.25) is 0 Å². The average molecular weight is 404 g/mol. The van der Waals surface area contributed by atoms with Gasteiger partial charge in [-0.15, -0.1) is 0 Å². The number of aliphatic hydroxyl groups excluding tert-OH is 1. The summed E-state index contributed by atoms with van der Waals surface area (Å²) in [7, 11) is 1.12. The number of pyridine rings is 1. The standard InChI is InChI=1S/C20H18F2N2O5/c1-10(25)11-3-5-12(6-4-11)24-15-9-13(29-20(21)22)7-8-14(15)17(23)16(18(24)26)19(27)28-2/h3-10,20,25H,23H2,1-2H3. The molecule has 0 radical (unpaired) electrons. The van der Waals surface area contributed by atoms with E-state index < -0.39 is 24.2 Å². The number of nitrogens with zero attached hydrogens (tertiary/aromatic N) is 1. The number of nitrogen functional groups attached to an aromatic ring is 1. The fourth-order valence-electron chi connectivity index (χ4n) is 3.03. The van der Waals surface area contributed by atoms with E-state index in [9.17, 15) is 23.5 Å². The molecule has 1 heterocycles. The van der Waals surface area contributed by atoms with Crippen molar-refractivity contribution in [2.45, 2.75) is 19.6 Å². The van der Waals surface area contributed by atoms with Crippen LogP contribution in [-0.2, 0) is 4.74 Å². The van der Waals surface area contributed by atoms with E-state index >= 15 is 0 Å². The second-order valence-electron chi connectivity index (χ2n) is 6.25. The number of aromatic nitrogens is 1. The maximum absolute atomic E-state index is 13.1. The van der Waals surface area contributed by atoms with Crippen molar-refractivity contribution in [3.8, 4) is 11.4 Å². The Bertz CT molecular complexity index is 1120. The summed E-state index contributed by atoms with van der Waals surface area (Å²) in [5.41, 5.74) is 5.86. The van der Waals surface area contributed by atoms with Crippen LogP contribution < -0.4 is 16.0 Å². The maximum Gasteiger partial charge on any atom is 0.387 e. The van der Waals surface area contributed by atoms with Gasteiger partial charge < -0.3 is 20.3 Å². The molecule has 0 aliphatic carbocycles. The number of benzene rings is 2. The number of aliphatic hydroxyl groups is 1. The first-order valence-electron chi connectivity index (χ1n) is 8.54. The van der Waals surface area contributed by atoms with Gasteiger partial charge >= 0.3 is 12.6 Å². The summed E-state index contributed by atoms with van der Waals surface area (Å²) < 4.78 is 35.5. The third kappa shape index (κ3) is 3.77. The average Bonchev–Trinajstić information content (AvgIpc) is 2.67. The fraction of sp³-hybridized carbons (Fsp3) is 0.200. The fourth-order valence-corrected chi connectivity index (χ4v) is 3.03. The number of fused-ring (bicyclic) bond motifs is 1. The van der Waals surface area contributed by atoms with Gasteiger partial charge in [0.25, 0.3) is 5.56 Å². The van der Waals surface area contributed by atoms with Crippen LogP contribution in [0.4, 0.5) is 14.5 Å². The Kier molecular flexibility index (Phi) is 5.51. The number of methoxy groups -OCH3 is 1. The Morgan fingerprint density at radius 2 is 1.83 bits per heavy atom. The first-order chi connectivity index (χ1) is 13.7. The molecule has 0 saturated carbocycles. The first-order valence-corrected chi connectivity index (χ1v) is 8.54. The topological polar surface area (TPSA) is 104 Å². The first kappa shape index (κ1) is 20.3. The molecule has 7 nitrogen and oxygen atoms in total. The minimum absolute atomic E-state index is 0.128.